The quantitative estimate of drug-likeness (QED) is 0.686. The number of anilines is 1. The molecule has 26 heavy (non-hydrogen) atoms. The summed E-state index contributed by atoms with van der Waals surface area (Å²) in [7, 11) is 1.53. The molecule has 0 bridgehead atoms. The largest absolute Gasteiger partial charge is 0.497 e. The maximum Gasteiger partial charge on any atom is 0.290 e. The van der Waals surface area contributed by atoms with Crippen molar-refractivity contribution >= 4 is 17.1 Å². The van der Waals surface area contributed by atoms with Crippen LogP contribution in [0.4, 0.5) is 20.2 Å². The number of nitrogens with one attached hydrogen (secondary N) is 1. The summed E-state index contributed by atoms with van der Waals surface area (Å²) in [5.41, 5.74) is 0.409. The molecule has 0 amide bonds. The second-order valence-electron chi connectivity index (χ2n) is 7.87. The molecule has 1 aromatic rings. The van der Waals surface area contributed by atoms with Crippen molar-refractivity contribution in [1.29, 1.82) is 0 Å². The normalized spacial score (nSPS) is 29.5. The number of methoxy groups -OCH3 is 1. The number of aliphatic hydroxyl groups is 1. The number of benzene rings is 1. The highest BCUT2D eigenvalue weighted by Gasteiger charge is 2.47. The van der Waals surface area contributed by atoms with Crippen molar-refractivity contribution in [2.45, 2.75) is 57.1 Å². The van der Waals surface area contributed by atoms with E-state index in [1.54, 1.807) is 18.2 Å². The second-order valence-corrected chi connectivity index (χ2v) is 7.87. The van der Waals surface area contributed by atoms with Crippen molar-refractivity contribution in [2.75, 3.05) is 12.4 Å². The molecular weight excluding hydrogens is 338 g/mol. The van der Waals surface area contributed by atoms with Gasteiger partial charge in [0.15, 0.2) is 6.23 Å². The highest BCUT2D eigenvalue weighted by molar-refractivity contribution is 6.01. The minimum absolute atomic E-state index is 0.267. The summed E-state index contributed by atoms with van der Waals surface area (Å²) < 4.78 is 34.4. The van der Waals surface area contributed by atoms with Crippen molar-refractivity contribution in [3.63, 3.8) is 0 Å². The van der Waals surface area contributed by atoms with Crippen LogP contribution in [0, 0.1) is 17.8 Å². The molecule has 1 heterocycles. The molecule has 142 valence electrons. The average molecular weight is 364 g/mol. The number of halogens is 2. The molecule has 4 rings (SSSR count). The van der Waals surface area contributed by atoms with Crippen LogP contribution in [0.2, 0.25) is 0 Å². The molecule has 0 saturated heterocycles. The van der Waals surface area contributed by atoms with Crippen LogP contribution in [0.1, 0.15) is 44.9 Å². The zero-order chi connectivity index (χ0) is 18.3. The number of unbranched alkanes of at least 4 members (excludes halogenated alkanes) is 1. The SMILES string of the molecule is COc1ccc2c(c1)NC(O)C(C(F)(F)CCCCC1CCC3CC13)=N2. The van der Waals surface area contributed by atoms with Crippen LogP contribution in [0.5, 0.6) is 5.75 Å². The van der Waals surface area contributed by atoms with Crippen molar-refractivity contribution in [3.05, 3.63) is 18.2 Å². The van der Waals surface area contributed by atoms with E-state index in [-0.39, 0.29) is 6.42 Å². The summed E-state index contributed by atoms with van der Waals surface area (Å²) in [4.78, 5) is 4.05. The number of rotatable bonds is 7. The van der Waals surface area contributed by atoms with Gasteiger partial charge in [-0.25, -0.2) is 4.99 Å². The second kappa shape index (κ2) is 6.80. The van der Waals surface area contributed by atoms with Gasteiger partial charge in [-0.2, -0.15) is 8.78 Å². The molecule has 1 aromatic carbocycles. The summed E-state index contributed by atoms with van der Waals surface area (Å²) in [5, 5.41) is 12.8. The lowest BCUT2D eigenvalue weighted by Crippen LogP contribution is -2.43. The zero-order valence-corrected chi connectivity index (χ0v) is 15.0. The monoisotopic (exact) mass is 364 g/mol. The van der Waals surface area contributed by atoms with E-state index in [0.29, 0.717) is 23.5 Å². The third-order valence-corrected chi connectivity index (χ3v) is 6.18. The summed E-state index contributed by atoms with van der Waals surface area (Å²) in [5.74, 6) is 0.0612. The van der Waals surface area contributed by atoms with Crippen LogP contribution in [-0.4, -0.2) is 30.1 Å². The van der Waals surface area contributed by atoms with E-state index in [0.717, 1.165) is 30.6 Å². The Balaban J connectivity index is 1.36. The lowest BCUT2D eigenvalue weighted by molar-refractivity contribution is 0.0527. The molecule has 2 aliphatic carbocycles. The fourth-order valence-corrected chi connectivity index (χ4v) is 4.61. The summed E-state index contributed by atoms with van der Waals surface area (Å²) >= 11 is 0. The predicted molar refractivity (Wildman–Crippen MR) is 97.5 cm³/mol. The third-order valence-electron chi connectivity index (χ3n) is 6.18. The number of hydrogen-bond acceptors (Lipinski definition) is 4. The van der Waals surface area contributed by atoms with Gasteiger partial charge in [0.05, 0.1) is 18.5 Å². The highest BCUT2D eigenvalue weighted by atomic mass is 19.3. The van der Waals surface area contributed by atoms with Crippen LogP contribution in [0.3, 0.4) is 0 Å². The smallest absolute Gasteiger partial charge is 0.290 e. The van der Waals surface area contributed by atoms with Crippen LogP contribution in [0.25, 0.3) is 0 Å². The van der Waals surface area contributed by atoms with Crippen molar-refractivity contribution in [2.24, 2.45) is 22.7 Å². The molecule has 0 aromatic heterocycles. The fourth-order valence-electron chi connectivity index (χ4n) is 4.61. The fraction of sp³-hybridized carbons (Fsp3) is 0.650. The molecule has 4 unspecified atom stereocenters. The van der Waals surface area contributed by atoms with Gasteiger partial charge in [0, 0.05) is 12.5 Å². The topological polar surface area (TPSA) is 53.8 Å². The van der Waals surface area contributed by atoms with Crippen molar-refractivity contribution in [1.82, 2.24) is 0 Å². The van der Waals surface area contributed by atoms with E-state index in [1.165, 1.54) is 26.4 Å². The Morgan fingerprint density at radius 2 is 2.15 bits per heavy atom. The molecule has 0 radical (unpaired) electrons. The lowest BCUT2D eigenvalue weighted by atomic mass is 9.94. The summed E-state index contributed by atoms with van der Waals surface area (Å²) in [6.07, 6.45) is 4.58. The lowest BCUT2D eigenvalue weighted by Gasteiger charge is -2.28. The van der Waals surface area contributed by atoms with E-state index < -0.39 is 17.9 Å². The number of alkyl halides is 2. The van der Waals surface area contributed by atoms with Crippen LogP contribution in [-0.2, 0) is 0 Å². The number of fused-ring (bicyclic) bond motifs is 2. The number of aliphatic imine (C=N–C) groups is 1. The van der Waals surface area contributed by atoms with Crippen LogP contribution < -0.4 is 10.1 Å². The van der Waals surface area contributed by atoms with Crippen molar-refractivity contribution < 1.29 is 18.6 Å². The molecule has 0 spiro atoms. The molecular formula is C20H26F2N2O2. The molecule has 4 nitrogen and oxygen atoms in total. The maximum absolute atomic E-state index is 14.6. The highest BCUT2D eigenvalue weighted by Crippen LogP contribution is 2.56. The molecule has 4 atom stereocenters. The predicted octanol–water partition coefficient (Wildman–Crippen LogP) is 4.75. The number of hydrogen-bond donors (Lipinski definition) is 2. The number of aliphatic hydroxyl groups excluding tert-OH is 1. The van der Waals surface area contributed by atoms with Gasteiger partial charge in [0.1, 0.15) is 11.5 Å². The summed E-state index contributed by atoms with van der Waals surface area (Å²) in [6.45, 7) is 0. The Hall–Kier alpha value is -1.69. The first-order chi connectivity index (χ1) is 12.5. The van der Waals surface area contributed by atoms with Gasteiger partial charge in [-0.15, -0.1) is 0 Å². The Morgan fingerprint density at radius 3 is 2.85 bits per heavy atom. The van der Waals surface area contributed by atoms with Gasteiger partial charge in [0.2, 0.25) is 0 Å². The summed E-state index contributed by atoms with van der Waals surface area (Å²) in [6, 6.07) is 4.93. The molecule has 1 aliphatic heterocycles. The first-order valence-electron chi connectivity index (χ1n) is 9.57. The number of ether oxygens (including phenoxy) is 1. The molecule has 6 heteroatoms. The Bertz CT molecular complexity index is 707. The Labute approximate surface area is 152 Å². The van der Waals surface area contributed by atoms with Gasteiger partial charge < -0.3 is 15.2 Å². The van der Waals surface area contributed by atoms with Gasteiger partial charge in [-0.3, -0.25) is 0 Å². The van der Waals surface area contributed by atoms with E-state index >= 15 is 0 Å². The maximum atomic E-state index is 14.6. The third kappa shape index (κ3) is 3.43. The van der Waals surface area contributed by atoms with E-state index in [4.69, 9.17) is 4.74 Å². The van der Waals surface area contributed by atoms with Crippen molar-refractivity contribution in [3.8, 4) is 5.75 Å². The molecule has 2 fully saturated rings. The van der Waals surface area contributed by atoms with Gasteiger partial charge >= 0.3 is 0 Å². The van der Waals surface area contributed by atoms with Gasteiger partial charge in [-0.1, -0.05) is 12.8 Å². The van der Waals surface area contributed by atoms with Gasteiger partial charge in [-0.05, 0) is 55.6 Å². The zero-order valence-electron chi connectivity index (χ0n) is 15.0. The first-order valence-corrected chi connectivity index (χ1v) is 9.57. The Morgan fingerprint density at radius 1 is 1.31 bits per heavy atom. The van der Waals surface area contributed by atoms with E-state index in [9.17, 15) is 13.9 Å². The number of nitrogens with zero attached hydrogens (tertiary/aromatic N) is 1. The minimum atomic E-state index is -3.11. The van der Waals surface area contributed by atoms with Crippen LogP contribution >= 0.6 is 0 Å². The standard InChI is InChI=1S/C20H26F2N2O2/c1-26-14-7-8-16-17(11-14)24-19(25)18(23-16)20(21,22)9-3-2-4-12-5-6-13-10-15(12)13/h7-8,11-13,15,19,24-25H,2-6,9-10H2,1H3. The van der Waals surface area contributed by atoms with Crippen LogP contribution in [0.15, 0.2) is 23.2 Å². The minimum Gasteiger partial charge on any atom is -0.497 e. The molecule has 3 aliphatic rings. The first kappa shape index (κ1) is 17.7. The molecule has 2 N–H and O–H groups in total. The van der Waals surface area contributed by atoms with Gasteiger partial charge in [0.25, 0.3) is 5.92 Å². The molecule has 2 saturated carbocycles. The van der Waals surface area contributed by atoms with E-state index in [2.05, 4.69) is 10.3 Å². The van der Waals surface area contributed by atoms with E-state index in [1.807, 2.05) is 0 Å². The Kier molecular flexibility index (Phi) is 4.63. The average Bonchev–Trinajstić information content (AvgIpc) is 3.30.